The highest BCUT2D eigenvalue weighted by molar-refractivity contribution is 9.10. The maximum absolute atomic E-state index is 13.4. The Balaban J connectivity index is 2.13. The molecule has 1 saturated heterocycles. The van der Waals surface area contributed by atoms with Gasteiger partial charge in [-0.2, -0.15) is 0 Å². The number of nitrogens with one attached hydrogen (secondary N) is 1. The fraction of sp³-hybridized carbons (Fsp3) is 0.364. The Hall–Kier alpha value is -0.980. The molecule has 1 aromatic carbocycles. The Morgan fingerprint density at radius 1 is 1.53 bits per heavy atom. The molecule has 3 N–H and O–H groups in total. The van der Waals surface area contributed by atoms with Crippen molar-refractivity contribution >= 4 is 27.0 Å². The van der Waals surface area contributed by atoms with Gasteiger partial charge in [0.25, 0.3) is 0 Å². The van der Waals surface area contributed by atoms with Gasteiger partial charge in [-0.25, -0.2) is 9.37 Å². The molecule has 2 aromatic rings. The van der Waals surface area contributed by atoms with Gasteiger partial charge in [-0.15, -0.1) is 0 Å². The predicted molar refractivity (Wildman–Crippen MR) is 65.1 cm³/mol. The maximum Gasteiger partial charge on any atom is 0.139 e. The van der Waals surface area contributed by atoms with Crippen LogP contribution in [-0.2, 0) is 10.3 Å². The molecule has 4 nitrogen and oxygen atoms in total. The van der Waals surface area contributed by atoms with Gasteiger partial charge < -0.3 is 15.5 Å². The minimum atomic E-state index is -0.581. The van der Waals surface area contributed by atoms with Crippen LogP contribution in [0.25, 0.3) is 11.0 Å². The van der Waals surface area contributed by atoms with E-state index < -0.39 is 5.54 Å². The molecule has 0 bridgehead atoms. The van der Waals surface area contributed by atoms with Gasteiger partial charge in [-0.3, -0.25) is 0 Å². The van der Waals surface area contributed by atoms with Crippen LogP contribution in [-0.4, -0.2) is 23.2 Å². The number of imidazole rings is 1. The first-order chi connectivity index (χ1) is 8.08. The summed E-state index contributed by atoms with van der Waals surface area (Å²) in [5, 5.41) is 0. The van der Waals surface area contributed by atoms with Crippen molar-refractivity contribution in [2.75, 3.05) is 13.2 Å². The summed E-state index contributed by atoms with van der Waals surface area (Å²) in [5.74, 6) is 0.337. The normalized spacial score (nSPS) is 24.6. The van der Waals surface area contributed by atoms with E-state index in [4.69, 9.17) is 10.5 Å². The van der Waals surface area contributed by atoms with E-state index in [1.54, 1.807) is 6.07 Å². The van der Waals surface area contributed by atoms with Crippen LogP contribution < -0.4 is 5.73 Å². The number of nitrogens with zero attached hydrogens (tertiary/aromatic N) is 1. The summed E-state index contributed by atoms with van der Waals surface area (Å²) in [6.45, 7) is 1.07. The molecular weight excluding hydrogens is 289 g/mol. The van der Waals surface area contributed by atoms with Crippen molar-refractivity contribution in [2.45, 2.75) is 12.0 Å². The van der Waals surface area contributed by atoms with E-state index in [0.29, 0.717) is 34.5 Å². The number of aromatic nitrogens is 2. The van der Waals surface area contributed by atoms with Gasteiger partial charge in [0.15, 0.2) is 0 Å². The van der Waals surface area contributed by atoms with Crippen molar-refractivity contribution in [1.29, 1.82) is 0 Å². The number of H-pyrrole nitrogens is 1. The number of benzene rings is 1. The lowest BCUT2D eigenvalue weighted by Crippen LogP contribution is -2.38. The zero-order valence-electron chi connectivity index (χ0n) is 8.96. The molecule has 0 saturated carbocycles. The predicted octanol–water partition coefficient (Wildman–Crippen LogP) is 2.04. The lowest BCUT2D eigenvalue weighted by molar-refractivity contribution is 0.176. The Morgan fingerprint density at radius 2 is 2.35 bits per heavy atom. The molecule has 0 amide bonds. The lowest BCUT2D eigenvalue weighted by Gasteiger charge is -2.17. The third-order valence-electron chi connectivity index (χ3n) is 3.05. The summed E-state index contributed by atoms with van der Waals surface area (Å²) in [6.07, 6.45) is 0.719. The van der Waals surface area contributed by atoms with Crippen molar-refractivity contribution < 1.29 is 9.13 Å². The first-order valence-corrected chi connectivity index (χ1v) is 6.10. The van der Waals surface area contributed by atoms with E-state index in [-0.39, 0.29) is 5.82 Å². The van der Waals surface area contributed by atoms with Gasteiger partial charge in [0.2, 0.25) is 0 Å². The van der Waals surface area contributed by atoms with Crippen LogP contribution in [0.1, 0.15) is 12.2 Å². The summed E-state index contributed by atoms with van der Waals surface area (Å²) < 4.78 is 19.1. The molecule has 1 aliphatic heterocycles. The van der Waals surface area contributed by atoms with Crippen LogP contribution in [0.5, 0.6) is 0 Å². The van der Waals surface area contributed by atoms with E-state index in [9.17, 15) is 4.39 Å². The molecule has 6 heteroatoms. The van der Waals surface area contributed by atoms with Gasteiger partial charge in [0.1, 0.15) is 17.2 Å². The van der Waals surface area contributed by atoms with Crippen LogP contribution in [0, 0.1) is 5.82 Å². The average Bonchev–Trinajstić information content (AvgIpc) is 2.87. The van der Waals surface area contributed by atoms with Gasteiger partial charge in [-0.1, -0.05) is 0 Å². The third kappa shape index (κ3) is 1.76. The van der Waals surface area contributed by atoms with E-state index in [1.807, 2.05) is 0 Å². The molecule has 0 aliphatic carbocycles. The minimum absolute atomic E-state index is 0.318. The standard InChI is InChI=1S/C11H11BrFN3O/c12-6-3-8-9(4-7(6)13)16-10(15-8)11(14)1-2-17-5-11/h3-4H,1-2,5,14H2,(H,15,16). The molecule has 0 spiro atoms. The molecule has 1 fully saturated rings. The third-order valence-corrected chi connectivity index (χ3v) is 3.66. The summed E-state index contributed by atoms with van der Waals surface area (Å²) in [4.78, 5) is 7.48. The quantitative estimate of drug-likeness (QED) is 0.847. The summed E-state index contributed by atoms with van der Waals surface area (Å²) >= 11 is 3.14. The highest BCUT2D eigenvalue weighted by Gasteiger charge is 2.35. The zero-order valence-corrected chi connectivity index (χ0v) is 10.6. The summed E-state index contributed by atoms with van der Waals surface area (Å²) in [6, 6.07) is 3.05. The molecule has 1 atom stereocenters. The van der Waals surface area contributed by atoms with Gasteiger partial charge in [0, 0.05) is 12.7 Å². The van der Waals surface area contributed by atoms with Crippen molar-refractivity contribution in [2.24, 2.45) is 5.73 Å². The smallest absolute Gasteiger partial charge is 0.139 e. The topological polar surface area (TPSA) is 63.9 Å². The van der Waals surface area contributed by atoms with Crippen LogP contribution >= 0.6 is 15.9 Å². The summed E-state index contributed by atoms with van der Waals surface area (Å²) in [5.41, 5.74) is 6.96. The van der Waals surface area contributed by atoms with E-state index in [0.717, 1.165) is 6.42 Å². The van der Waals surface area contributed by atoms with E-state index in [2.05, 4.69) is 25.9 Å². The molecule has 2 heterocycles. The lowest BCUT2D eigenvalue weighted by atomic mass is 10.00. The van der Waals surface area contributed by atoms with Crippen LogP contribution in [0.2, 0.25) is 0 Å². The molecule has 1 aliphatic rings. The molecule has 3 rings (SSSR count). The number of ether oxygens (including phenoxy) is 1. The highest BCUT2D eigenvalue weighted by atomic mass is 79.9. The second kappa shape index (κ2) is 3.76. The number of hydrogen-bond donors (Lipinski definition) is 2. The van der Waals surface area contributed by atoms with Gasteiger partial charge in [-0.05, 0) is 28.4 Å². The van der Waals surface area contributed by atoms with Crippen LogP contribution in [0.4, 0.5) is 4.39 Å². The van der Waals surface area contributed by atoms with Crippen molar-refractivity contribution in [1.82, 2.24) is 9.97 Å². The second-order valence-electron chi connectivity index (χ2n) is 4.33. The van der Waals surface area contributed by atoms with Gasteiger partial charge >= 0.3 is 0 Å². The van der Waals surface area contributed by atoms with Gasteiger partial charge in [0.05, 0.1) is 22.1 Å². The highest BCUT2D eigenvalue weighted by Crippen LogP contribution is 2.29. The van der Waals surface area contributed by atoms with Crippen molar-refractivity contribution in [3.8, 4) is 0 Å². The maximum atomic E-state index is 13.4. The summed E-state index contributed by atoms with van der Waals surface area (Å²) in [7, 11) is 0. The molecule has 90 valence electrons. The number of rotatable bonds is 1. The number of aromatic amines is 1. The number of fused-ring (bicyclic) bond motifs is 1. The largest absolute Gasteiger partial charge is 0.379 e. The Bertz CT molecular complexity index is 538. The Kier molecular flexibility index (Phi) is 2.46. The SMILES string of the molecule is NC1(c2nc3cc(Br)c(F)cc3[nH]2)CCOC1. The Labute approximate surface area is 105 Å². The van der Waals surface area contributed by atoms with E-state index in [1.165, 1.54) is 6.07 Å². The number of hydrogen-bond acceptors (Lipinski definition) is 3. The average molecular weight is 300 g/mol. The zero-order chi connectivity index (χ0) is 12.0. The first kappa shape index (κ1) is 11.1. The monoisotopic (exact) mass is 299 g/mol. The van der Waals surface area contributed by atoms with Crippen LogP contribution in [0.15, 0.2) is 16.6 Å². The second-order valence-corrected chi connectivity index (χ2v) is 5.18. The molecule has 1 unspecified atom stereocenters. The number of halogens is 2. The molecular formula is C11H11BrFN3O. The molecule has 1 aromatic heterocycles. The van der Waals surface area contributed by atoms with Crippen LogP contribution in [0.3, 0.4) is 0 Å². The molecule has 0 radical (unpaired) electrons. The fourth-order valence-electron chi connectivity index (χ4n) is 2.01. The van der Waals surface area contributed by atoms with Crippen molar-refractivity contribution in [3.63, 3.8) is 0 Å². The first-order valence-electron chi connectivity index (χ1n) is 5.30. The Morgan fingerprint density at radius 3 is 3.06 bits per heavy atom. The number of nitrogens with two attached hydrogens (primary N) is 1. The minimum Gasteiger partial charge on any atom is -0.379 e. The van der Waals surface area contributed by atoms with E-state index >= 15 is 0 Å². The fourth-order valence-corrected chi connectivity index (χ4v) is 2.34. The van der Waals surface area contributed by atoms with Crippen molar-refractivity contribution in [3.05, 3.63) is 28.2 Å². The molecule has 17 heavy (non-hydrogen) atoms.